The molecule has 1 N–H and O–H groups in total. The number of unbranched alkanes of at least 4 members (excludes halogenated alkanes) is 6. The Balaban J connectivity index is 3.17. The second kappa shape index (κ2) is 12.9. The van der Waals surface area contributed by atoms with Crippen LogP contribution in [0, 0.1) is 0 Å². The van der Waals surface area contributed by atoms with E-state index in [2.05, 4.69) is 11.7 Å². The molecule has 0 aliphatic rings. The molecule has 0 aromatic rings. The van der Waals surface area contributed by atoms with E-state index >= 15 is 0 Å². The average Bonchev–Trinajstić information content (AvgIpc) is 2.37. The predicted octanol–water partition coefficient (Wildman–Crippen LogP) is 3.83. The van der Waals surface area contributed by atoms with E-state index in [1.807, 2.05) is 0 Å². The smallest absolute Gasteiger partial charge is 0.305 e. The first-order chi connectivity index (χ1) is 8.70. The third kappa shape index (κ3) is 11.9. The van der Waals surface area contributed by atoms with Crippen molar-refractivity contribution in [3.63, 3.8) is 0 Å². The first kappa shape index (κ1) is 17.4. The molecule has 0 bridgehead atoms. The van der Waals surface area contributed by atoms with Crippen LogP contribution < -0.4 is 0 Å². The minimum Gasteiger partial charge on any atom is -0.469 e. The zero-order chi connectivity index (χ0) is 13.6. The average molecular weight is 258 g/mol. The summed E-state index contributed by atoms with van der Waals surface area (Å²) >= 11 is 0. The van der Waals surface area contributed by atoms with Gasteiger partial charge in [-0.15, -0.1) is 0 Å². The summed E-state index contributed by atoms with van der Waals surface area (Å²) in [7, 11) is 1.43. The number of aliphatic hydroxyl groups is 1. The quantitative estimate of drug-likeness (QED) is 0.427. The lowest BCUT2D eigenvalue weighted by Crippen LogP contribution is -2.05. The summed E-state index contributed by atoms with van der Waals surface area (Å²) in [6.07, 6.45) is 11.3. The number of methoxy groups -OCH3 is 1. The highest BCUT2D eigenvalue weighted by Gasteiger charge is 2.03. The van der Waals surface area contributed by atoms with Crippen molar-refractivity contribution in [2.75, 3.05) is 7.11 Å². The van der Waals surface area contributed by atoms with E-state index in [9.17, 15) is 9.90 Å². The normalized spacial score (nSPS) is 12.4. The molecule has 0 unspecified atom stereocenters. The van der Waals surface area contributed by atoms with E-state index in [0.29, 0.717) is 6.42 Å². The molecular formula is C15H30O3. The van der Waals surface area contributed by atoms with Crippen molar-refractivity contribution in [1.82, 2.24) is 0 Å². The number of carbonyl (C=O) groups is 1. The number of esters is 1. The largest absolute Gasteiger partial charge is 0.469 e. The Kier molecular flexibility index (Phi) is 12.5. The van der Waals surface area contributed by atoms with Gasteiger partial charge in [0, 0.05) is 6.42 Å². The van der Waals surface area contributed by atoms with Crippen LogP contribution in [-0.2, 0) is 9.53 Å². The molecule has 0 aromatic heterocycles. The third-order valence-electron chi connectivity index (χ3n) is 3.29. The third-order valence-corrected chi connectivity index (χ3v) is 3.29. The molecule has 0 aliphatic heterocycles. The standard InChI is InChI=1S/C15H30O3/c1-3-4-8-11-14(16)12-9-6-5-7-10-13-15(17)18-2/h14,16H,3-13H2,1-2H3/t14-/m0/s1. The highest BCUT2D eigenvalue weighted by molar-refractivity contribution is 5.68. The monoisotopic (exact) mass is 258 g/mol. The minimum absolute atomic E-state index is 0.105. The first-order valence-electron chi connectivity index (χ1n) is 7.45. The van der Waals surface area contributed by atoms with Crippen LogP contribution in [-0.4, -0.2) is 24.3 Å². The van der Waals surface area contributed by atoms with Gasteiger partial charge in [0.05, 0.1) is 13.2 Å². The van der Waals surface area contributed by atoms with Gasteiger partial charge in [-0.25, -0.2) is 0 Å². The summed E-state index contributed by atoms with van der Waals surface area (Å²) in [6, 6.07) is 0. The molecule has 3 nitrogen and oxygen atoms in total. The van der Waals surface area contributed by atoms with Gasteiger partial charge in [-0.05, 0) is 19.3 Å². The molecule has 0 radical (unpaired) electrons. The molecule has 0 fully saturated rings. The Morgan fingerprint density at radius 2 is 1.56 bits per heavy atom. The Labute approximate surface area is 112 Å². The van der Waals surface area contributed by atoms with Gasteiger partial charge < -0.3 is 9.84 Å². The van der Waals surface area contributed by atoms with Crippen LogP contribution in [0.3, 0.4) is 0 Å². The molecule has 0 aliphatic carbocycles. The molecular weight excluding hydrogens is 228 g/mol. The molecule has 3 heteroatoms. The Morgan fingerprint density at radius 3 is 2.17 bits per heavy atom. The number of hydrogen-bond acceptors (Lipinski definition) is 3. The van der Waals surface area contributed by atoms with Crippen LogP contribution in [0.1, 0.15) is 77.6 Å². The number of rotatable bonds is 12. The topological polar surface area (TPSA) is 46.5 Å². The van der Waals surface area contributed by atoms with Gasteiger partial charge in [0.25, 0.3) is 0 Å². The maximum atomic E-state index is 10.9. The van der Waals surface area contributed by atoms with Crippen molar-refractivity contribution >= 4 is 5.97 Å². The lowest BCUT2D eigenvalue weighted by molar-refractivity contribution is -0.140. The van der Waals surface area contributed by atoms with E-state index < -0.39 is 0 Å². The van der Waals surface area contributed by atoms with Gasteiger partial charge >= 0.3 is 5.97 Å². The fourth-order valence-corrected chi connectivity index (χ4v) is 2.06. The Bertz CT molecular complexity index is 192. The van der Waals surface area contributed by atoms with Gasteiger partial charge in [-0.3, -0.25) is 4.79 Å². The lowest BCUT2D eigenvalue weighted by Gasteiger charge is -2.09. The second-order valence-electron chi connectivity index (χ2n) is 5.03. The molecule has 0 spiro atoms. The van der Waals surface area contributed by atoms with Crippen LogP contribution in [0.25, 0.3) is 0 Å². The molecule has 18 heavy (non-hydrogen) atoms. The lowest BCUT2D eigenvalue weighted by atomic mass is 10.0. The summed E-state index contributed by atoms with van der Waals surface area (Å²) in [6.45, 7) is 2.18. The molecule has 0 amide bonds. The van der Waals surface area contributed by atoms with Crippen molar-refractivity contribution in [3.05, 3.63) is 0 Å². The fourth-order valence-electron chi connectivity index (χ4n) is 2.06. The van der Waals surface area contributed by atoms with Crippen LogP contribution in [0.2, 0.25) is 0 Å². The summed E-state index contributed by atoms with van der Waals surface area (Å²) < 4.78 is 4.58. The summed E-state index contributed by atoms with van der Waals surface area (Å²) in [4.78, 5) is 10.9. The molecule has 0 rings (SSSR count). The SMILES string of the molecule is CCCCC[C@H](O)CCCCCCCC(=O)OC. The van der Waals surface area contributed by atoms with Crippen LogP contribution in [0.4, 0.5) is 0 Å². The molecule has 0 heterocycles. The van der Waals surface area contributed by atoms with Gasteiger partial charge in [0.15, 0.2) is 0 Å². The number of carbonyl (C=O) groups excluding carboxylic acids is 1. The Hall–Kier alpha value is -0.570. The maximum absolute atomic E-state index is 10.9. The first-order valence-corrected chi connectivity index (χ1v) is 7.45. The highest BCUT2D eigenvalue weighted by atomic mass is 16.5. The van der Waals surface area contributed by atoms with Crippen molar-refractivity contribution in [1.29, 1.82) is 0 Å². The van der Waals surface area contributed by atoms with Crippen LogP contribution in [0.5, 0.6) is 0 Å². The Morgan fingerprint density at radius 1 is 1.00 bits per heavy atom. The fraction of sp³-hybridized carbons (Fsp3) is 0.933. The summed E-state index contributed by atoms with van der Waals surface area (Å²) in [5.74, 6) is -0.110. The van der Waals surface area contributed by atoms with Gasteiger partial charge in [0.2, 0.25) is 0 Å². The molecule has 0 saturated heterocycles. The summed E-state index contributed by atoms with van der Waals surface area (Å²) in [5.41, 5.74) is 0. The number of hydrogen-bond donors (Lipinski definition) is 1. The highest BCUT2D eigenvalue weighted by Crippen LogP contribution is 2.12. The maximum Gasteiger partial charge on any atom is 0.305 e. The van der Waals surface area contributed by atoms with Crippen molar-refractivity contribution < 1.29 is 14.6 Å². The number of ether oxygens (including phenoxy) is 1. The predicted molar refractivity (Wildman–Crippen MR) is 74.5 cm³/mol. The van der Waals surface area contributed by atoms with Gasteiger partial charge in [0.1, 0.15) is 0 Å². The summed E-state index contributed by atoms with van der Waals surface area (Å²) in [5, 5.41) is 9.72. The van der Waals surface area contributed by atoms with Crippen LogP contribution in [0.15, 0.2) is 0 Å². The van der Waals surface area contributed by atoms with E-state index in [1.165, 1.54) is 20.0 Å². The molecule has 0 saturated carbocycles. The van der Waals surface area contributed by atoms with Crippen molar-refractivity contribution in [3.8, 4) is 0 Å². The second-order valence-corrected chi connectivity index (χ2v) is 5.03. The van der Waals surface area contributed by atoms with Crippen molar-refractivity contribution in [2.24, 2.45) is 0 Å². The van der Waals surface area contributed by atoms with Gasteiger partial charge in [-0.2, -0.15) is 0 Å². The van der Waals surface area contributed by atoms with E-state index in [1.54, 1.807) is 0 Å². The van der Waals surface area contributed by atoms with Gasteiger partial charge in [-0.1, -0.05) is 51.9 Å². The van der Waals surface area contributed by atoms with E-state index in [0.717, 1.165) is 51.4 Å². The molecule has 0 aromatic carbocycles. The van der Waals surface area contributed by atoms with E-state index in [-0.39, 0.29) is 12.1 Å². The zero-order valence-corrected chi connectivity index (χ0v) is 12.1. The zero-order valence-electron chi connectivity index (χ0n) is 12.1. The number of aliphatic hydroxyl groups excluding tert-OH is 1. The van der Waals surface area contributed by atoms with E-state index in [4.69, 9.17) is 0 Å². The minimum atomic E-state index is -0.110. The molecule has 1 atom stereocenters. The van der Waals surface area contributed by atoms with Crippen LogP contribution >= 0.6 is 0 Å². The molecule has 108 valence electrons. The van der Waals surface area contributed by atoms with Crippen molar-refractivity contribution in [2.45, 2.75) is 83.7 Å².